The van der Waals surface area contributed by atoms with Crippen LogP contribution in [-0.2, 0) is 9.59 Å². The molecular formula is C6H9N3O4. The van der Waals surface area contributed by atoms with E-state index in [0.29, 0.717) is 0 Å². The number of hydroxylamine groups is 2. The Kier molecular flexibility index (Phi) is 4.26. The highest BCUT2D eigenvalue weighted by Crippen LogP contribution is 1.90. The molecular weight excluding hydrogens is 178 g/mol. The molecule has 0 saturated heterocycles. The molecule has 72 valence electrons. The highest BCUT2D eigenvalue weighted by Gasteiger charge is 2.20. The lowest BCUT2D eigenvalue weighted by molar-refractivity contribution is -0.174. The second-order valence-corrected chi connectivity index (χ2v) is 2.27. The van der Waals surface area contributed by atoms with Crippen molar-refractivity contribution in [3.8, 4) is 6.19 Å². The van der Waals surface area contributed by atoms with Gasteiger partial charge in [-0.1, -0.05) is 0 Å². The van der Waals surface area contributed by atoms with Gasteiger partial charge in [0.25, 0.3) is 5.91 Å². The number of hydrogen-bond acceptors (Lipinski definition) is 5. The summed E-state index contributed by atoms with van der Waals surface area (Å²) < 4.78 is 0. The van der Waals surface area contributed by atoms with Gasteiger partial charge in [-0.2, -0.15) is 5.26 Å². The number of nitriles is 1. The summed E-state index contributed by atoms with van der Waals surface area (Å²) in [6.07, 6.45) is 1.50. The fourth-order valence-corrected chi connectivity index (χ4v) is 0.588. The van der Waals surface area contributed by atoms with Crippen molar-refractivity contribution in [2.75, 3.05) is 6.54 Å². The third kappa shape index (κ3) is 3.93. The van der Waals surface area contributed by atoms with Crippen LogP contribution in [0.15, 0.2) is 0 Å². The number of carbonyl (C=O) groups excluding carboxylic acids is 1. The van der Waals surface area contributed by atoms with Crippen molar-refractivity contribution in [1.82, 2.24) is 10.4 Å². The Morgan fingerprint density at radius 2 is 2.23 bits per heavy atom. The van der Waals surface area contributed by atoms with E-state index < -0.39 is 24.5 Å². The number of amides is 1. The van der Waals surface area contributed by atoms with Crippen molar-refractivity contribution >= 4 is 11.9 Å². The summed E-state index contributed by atoms with van der Waals surface area (Å²) in [5, 5.41) is 27.3. The number of aliphatic carboxylic acids is 1. The highest BCUT2D eigenvalue weighted by atomic mass is 16.5. The van der Waals surface area contributed by atoms with Crippen molar-refractivity contribution in [2.45, 2.75) is 13.0 Å². The third-order valence-electron chi connectivity index (χ3n) is 1.19. The molecule has 0 aliphatic carbocycles. The summed E-state index contributed by atoms with van der Waals surface area (Å²) in [6.45, 7) is 0.521. The van der Waals surface area contributed by atoms with Crippen LogP contribution in [0.5, 0.6) is 0 Å². The molecule has 0 aliphatic heterocycles. The van der Waals surface area contributed by atoms with Crippen LogP contribution in [-0.4, -0.2) is 39.8 Å². The molecule has 0 bridgehead atoms. The fraction of sp³-hybridized carbons (Fsp3) is 0.500. The lowest BCUT2D eigenvalue weighted by Gasteiger charge is -2.15. The first-order chi connectivity index (χ1) is 5.99. The number of carboxylic acid groups (broad SMARTS) is 1. The molecule has 0 radical (unpaired) electrons. The van der Waals surface area contributed by atoms with Gasteiger partial charge in [-0.15, -0.1) is 0 Å². The Bertz CT molecular complexity index is 247. The topological polar surface area (TPSA) is 114 Å². The van der Waals surface area contributed by atoms with Crippen molar-refractivity contribution < 1.29 is 19.9 Å². The summed E-state index contributed by atoms with van der Waals surface area (Å²) in [4.78, 5) is 21.0. The maximum Gasteiger partial charge on any atom is 0.325 e. The molecule has 7 nitrogen and oxygen atoms in total. The van der Waals surface area contributed by atoms with E-state index in [4.69, 9.17) is 15.6 Å². The van der Waals surface area contributed by atoms with Crippen LogP contribution in [0.1, 0.15) is 6.92 Å². The Morgan fingerprint density at radius 1 is 1.69 bits per heavy atom. The molecule has 3 N–H and O–H groups in total. The van der Waals surface area contributed by atoms with Gasteiger partial charge < -0.3 is 10.4 Å². The third-order valence-corrected chi connectivity index (χ3v) is 1.19. The van der Waals surface area contributed by atoms with E-state index in [0.717, 1.165) is 0 Å². The Hall–Kier alpha value is -1.81. The quantitative estimate of drug-likeness (QED) is 0.219. The number of rotatable bonds is 4. The van der Waals surface area contributed by atoms with E-state index in [9.17, 15) is 9.59 Å². The molecule has 7 heteroatoms. The average molecular weight is 187 g/mol. The van der Waals surface area contributed by atoms with Crippen molar-refractivity contribution in [1.29, 1.82) is 5.26 Å². The minimum atomic E-state index is -1.33. The number of carbonyl (C=O) groups is 2. The maximum absolute atomic E-state index is 11.0. The summed E-state index contributed by atoms with van der Waals surface area (Å²) in [5.74, 6) is -2.20. The van der Waals surface area contributed by atoms with Crippen LogP contribution in [0.2, 0.25) is 0 Å². The van der Waals surface area contributed by atoms with Crippen LogP contribution < -0.4 is 5.32 Å². The zero-order valence-corrected chi connectivity index (χ0v) is 6.89. The molecule has 1 atom stereocenters. The van der Waals surface area contributed by atoms with E-state index in [-0.39, 0.29) is 5.06 Å². The van der Waals surface area contributed by atoms with Crippen LogP contribution in [0.3, 0.4) is 0 Å². The molecule has 0 aromatic heterocycles. The average Bonchev–Trinajstić information content (AvgIpc) is 2.02. The minimum absolute atomic E-state index is 0.0390. The van der Waals surface area contributed by atoms with Crippen molar-refractivity contribution in [3.63, 3.8) is 0 Å². The number of nitrogens with zero attached hydrogens (tertiary/aromatic N) is 2. The molecule has 13 heavy (non-hydrogen) atoms. The second kappa shape index (κ2) is 4.95. The number of nitrogens with one attached hydrogen (secondary N) is 1. The lowest BCUT2D eigenvalue weighted by atomic mass is 10.3. The van der Waals surface area contributed by atoms with E-state index in [1.165, 1.54) is 13.1 Å². The molecule has 1 amide bonds. The van der Waals surface area contributed by atoms with E-state index in [1.54, 1.807) is 0 Å². The Balaban J connectivity index is 4.10. The van der Waals surface area contributed by atoms with E-state index in [1.807, 2.05) is 0 Å². The van der Waals surface area contributed by atoms with Gasteiger partial charge in [-0.25, -0.2) is 5.06 Å². The van der Waals surface area contributed by atoms with E-state index in [2.05, 4.69) is 5.32 Å². The first-order valence-electron chi connectivity index (χ1n) is 3.35. The first-order valence-corrected chi connectivity index (χ1v) is 3.35. The van der Waals surface area contributed by atoms with Crippen LogP contribution in [0.4, 0.5) is 0 Å². The molecule has 0 heterocycles. The predicted molar refractivity (Wildman–Crippen MR) is 39.3 cm³/mol. The van der Waals surface area contributed by atoms with Crippen molar-refractivity contribution in [2.24, 2.45) is 0 Å². The van der Waals surface area contributed by atoms with Gasteiger partial charge in [0.2, 0.25) is 0 Å². The van der Waals surface area contributed by atoms with Crippen LogP contribution in [0, 0.1) is 11.5 Å². The minimum Gasteiger partial charge on any atom is -0.480 e. The van der Waals surface area contributed by atoms with Crippen LogP contribution >= 0.6 is 0 Å². The maximum atomic E-state index is 11.0. The SMILES string of the molecule is C[C@H](NC#N)C(=O)N(O)CC(=O)O. The number of carboxylic acids is 1. The Labute approximate surface area is 74.1 Å². The van der Waals surface area contributed by atoms with Gasteiger partial charge in [0, 0.05) is 0 Å². The molecule has 0 aromatic rings. The van der Waals surface area contributed by atoms with Gasteiger partial charge in [0.05, 0.1) is 0 Å². The first kappa shape index (κ1) is 11.2. The largest absolute Gasteiger partial charge is 0.480 e. The molecule has 0 aromatic carbocycles. The molecule has 0 unspecified atom stereocenters. The summed E-state index contributed by atoms with van der Waals surface area (Å²) in [7, 11) is 0. The van der Waals surface area contributed by atoms with E-state index >= 15 is 0 Å². The number of hydrogen-bond donors (Lipinski definition) is 3. The van der Waals surface area contributed by atoms with Gasteiger partial charge in [0.15, 0.2) is 6.19 Å². The summed E-state index contributed by atoms with van der Waals surface area (Å²) in [6, 6.07) is -0.936. The normalized spacial score (nSPS) is 11.2. The highest BCUT2D eigenvalue weighted by molar-refractivity contribution is 5.84. The molecule has 0 rings (SSSR count). The summed E-state index contributed by atoms with van der Waals surface area (Å²) >= 11 is 0. The summed E-state index contributed by atoms with van der Waals surface area (Å²) in [5.41, 5.74) is 0. The van der Waals surface area contributed by atoms with Gasteiger partial charge in [-0.05, 0) is 6.92 Å². The van der Waals surface area contributed by atoms with Gasteiger partial charge in [0.1, 0.15) is 12.6 Å². The van der Waals surface area contributed by atoms with Gasteiger partial charge >= 0.3 is 5.97 Å². The molecule has 0 fully saturated rings. The molecule has 0 aliphatic rings. The van der Waals surface area contributed by atoms with Gasteiger partial charge in [-0.3, -0.25) is 14.8 Å². The predicted octanol–water partition coefficient (Wildman–Crippen LogP) is -1.25. The van der Waals surface area contributed by atoms with Crippen molar-refractivity contribution in [3.05, 3.63) is 0 Å². The fourth-order valence-electron chi connectivity index (χ4n) is 0.588. The lowest BCUT2D eigenvalue weighted by Crippen LogP contribution is -2.43. The zero-order valence-electron chi connectivity index (χ0n) is 6.89. The molecule has 0 saturated carbocycles. The molecule has 0 spiro atoms. The smallest absolute Gasteiger partial charge is 0.325 e. The second-order valence-electron chi connectivity index (χ2n) is 2.27. The standard InChI is InChI=1S/C6H9N3O4/c1-4(8-3-7)6(12)9(13)2-5(10)11/h4,8,13H,2H2,1H3,(H,10,11)/t4-/m0/s1. The monoisotopic (exact) mass is 187 g/mol. The van der Waals surface area contributed by atoms with Crippen LogP contribution in [0.25, 0.3) is 0 Å². The Morgan fingerprint density at radius 3 is 2.62 bits per heavy atom. The zero-order chi connectivity index (χ0) is 10.4.